The van der Waals surface area contributed by atoms with Gasteiger partial charge in [0, 0.05) is 18.9 Å². The lowest BCUT2D eigenvalue weighted by Gasteiger charge is -2.26. The molecule has 1 heterocycles. The van der Waals surface area contributed by atoms with Crippen LogP contribution in [0.15, 0.2) is 73.3 Å². The Bertz CT molecular complexity index is 924. The summed E-state index contributed by atoms with van der Waals surface area (Å²) in [5.74, 6) is -1.54. The molecule has 2 amide bonds. The van der Waals surface area contributed by atoms with Gasteiger partial charge in [0.15, 0.2) is 0 Å². The molecule has 0 bridgehead atoms. The van der Waals surface area contributed by atoms with Gasteiger partial charge < -0.3 is 10.5 Å². The van der Waals surface area contributed by atoms with Gasteiger partial charge in [-0.1, -0.05) is 49.4 Å². The van der Waals surface area contributed by atoms with Crippen molar-refractivity contribution < 1.29 is 14.3 Å². The van der Waals surface area contributed by atoms with Gasteiger partial charge in [0.1, 0.15) is 24.6 Å². The minimum Gasteiger partial charge on any atom is -0.489 e. The van der Waals surface area contributed by atoms with Gasteiger partial charge in [-0.15, -0.1) is 0 Å². The zero-order chi connectivity index (χ0) is 20.6. The first-order valence-electron chi connectivity index (χ1n) is 9.45. The van der Waals surface area contributed by atoms with Gasteiger partial charge in [-0.25, -0.2) is 14.7 Å². The number of amides is 2. The van der Waals surface area contributed by atoms with Gasteiger partial charge in [0.05, 0.1) is 0 Å². The molecule has 2 aromatic carbocycles. The predicted molar refractivity (Wildman–Crippen MR) is 110 cm³/mol. The molecule has 1 atom stereocenters. The molecule has 0 fully saturated rings. The summed E-state index contributed by atoms with van der Waals surface area (Å²) in [6.07, 6.45) is 5.48. The topological polar surface area (TPSA) is 90.5 Å². The second kappa shape index (κ2) is 9.54. The maximum atomic E-state index is 13.1. The minimum atomic E-state index is -1.09. The zero-order valence-corrected chi connectivity index (χ0v) is 16.3. The number of benzene rings is 2. The van der Waals surface area contributed by atoms with Crippen molar-refractivity contribution in [3.63, 3.8) is 0 Å². The molecule has 1 unspecified atom stereocenters. The number of rotatable bonds is 9. The monoisotopic (exact) mass is 392 g/mol. The van der Waals surface area contributed by atoms with Crippen LogP contribution < -0.4 is 15.5 Å². The number of hydrogen-bond acceptors (Lipinski definition) is 4. The van der Waals surface area contributed by atoms with Gasteiger partial charge in [0.25, 0.3) is 5.91 Å². The van der Waals surface area contributed by atoms with E-state index in [0.29, 0.717) is 24.5 Å². The smallest absolute Gasteiger partial charge is 0.258 e. The highest BCUT2D eigenvalue weighted by Gasteiger charge is 2.31. The van der Waals surface area contributed by atoms with Crippen molar-refractivity contribution in [3.8, 4) is 5.75 Å². The first kappa shape index (κ1) is 20.1. The molecular weight excluding hydrogens is 368 g/mol. The number of ether oxygens (including phenoxy) is 1. The normalized spacial score (nSPS) is 11.6. The van der Waals surface area contributed by atoms with Gasteiger partial charge in [-0.05, 0) is 29.7 Å². The predicted octanol–water partition coefficient (Wildman–Crippen LogP) is 2.61. The molecule has 0 aliphatic carbocycles. The average Bonchev–Trinajstić information content (AvgIpc) is 3.26. The van der Waals surface area contributed by atoms with Crippen LogP contribution in [0.25, 0.3) is 0 Å². The highest BCUT2D eigenvalue weighted by atomic mass is 16.5. The van der Waals surface area contributed by atoms with E-state index in [2.05, 4.69) is 4.98 Å². The number of hydrogen-bond donors (Lipinski definition) is 1. The van der Waals surface area contributed by atoms with Crippen LogP contribution in [0.3, 0.4) is 0 Å². The molecular formula is C22H24N4O3. The van der Waals surface area contributed by atoms with Crippen molar-refractivity contribution in [2.45, 2.75) is 25.9 Å². The molecule has 150 valence electrons. The van der Waals surface area contributed by atoms with Gasteiger partial charge in [0.2, 0.25) is 5.91 Å². The molecule has 3 aromatic rings. The SMILES string of the molecule is CCCN(C(=O)C(C(N)=O)c1ccc(OCc2ccccc2)cc1)n1ccnc1. The number of carbonyl (C=O) groups is 2. The van der Waals surface area contributed by atoms with Gasteiger partial charge in [-0.3, -0.25) is 9.59 Å². The summed E-state index contributed by atoms with van der Waals surface area (Å²) in [7, 11) is 0. The van der Waals surface area contributed by atoms with E-state index in [-0.39, 0.29) is 0 Å². The van der Waals surface area contributed by atoms with E-state index < -0.39 is 17.7 Å². The van der Waals surface area contributed by atoms with E-state index in [0.717, 1.165) is 12.0 Å². The Morgan fingerprint density at radius 3 is 2.45 bits per heavy atom. The van der Waals surface area contributed by atoms with Gasteiger partial charge >= 0.3 is 0 Å². The second-order valence-corrected chi connectivity index (χ2v) is 6.58. The van der Waals surface area contributed by atoms with Crippen LogP contribution in [0, 0.1) is 0 Å². The van der Waals surface area contributed by atoms with Crippen LogP contribution in [0.4, 0.5) is 0 Å². The third-order valence-electron chi connectivity index (χ3n) is 4.45. The van der Waals surface area contributed by atoms with Crippen molar-refractivity contribution in [1.29, 1.82) is 0 Å². The standard InChI is InChI=1S/C22H24N4O3/c1-2-13-26(25-14-12-24-16-25)22(28)20(21(23)27)18-8-10-19(11-9-18)29-15-17-6-4-3-5-7-17/h3-12,14,16,20H,2,13,15H2,1H3,(H2,23,27). The lowest BCUT2D eigenvalue weighted by atomic mass is 9.97. The maximum Gasteiger partial charge on any atom is 0.258 e. The second-order valence-electron chi connectivity index (χ2n) is 6.58. The third kappa shape index (κ3) is 5.01. The number of aromatic nitrogens is 2. The summed E-state index contributed by atoms with van der Waals surface area (Å²) >= 11 is 0. The molecule has 29 heavy (non-hydrogen) atoms. The summed E-state index contributed by atoms with van der Waals surface area (Å²) in [4.78, 5) is 29.2. The minimum absolute atomic E-state index is 0.393. The Hall–Kier alpha value is -3.61. The lowest BCUT2D eigenvalue weighted by Crippen LogP contribution is -2.46. The van der Waals surface area contributed by atoms with Crippen molar-refractivity contribution in [2.24, 2.45) is 5.73 Å². The lowest BCUT2D eigenvalue weighted by molar-refractivity contribution is -0.129. The van der Waals surface area contributed by atoms with E-state index in [4.69, 9.17) is 10.5 Å². The van der Waals surface area contributed by atoms with E-state index in [1.165, 1.54) is 11.3 Å². The molecule has 0 spiro atoms. The van der Waals surface area contributed by atoms with Crippen LogP contribution in [0.1, 0.15) is 30.4 Å². The number of carbonyl (C=O) groups excluding carboxylic acids is 2. The van der Waals surface area contributed by atoms with Crippen molar-refractivity contribution in [3.05, 3.63) is 84.4 Å². The van der Waals surface area contributed by atoms with Gasteiger partial charge in [-0.2, -0.15) is 0 Å². The average molecular weight is 392 g/mol. The Balaban J connectivity index is 1.76. The van der Waals surface area contributed by atoms with Crippen LogP contribution >= 0.6 is 0 Å². The first-order chi connectivity index (χ1) is 14.1. The summed E-state index contributed by atoms with van der Waals surface area (Å²) in [5, 5.41) is 1.47. The van der Waals surface area contributed by atoms with Crippen LogP contribution in [0.2, 0.25) is 0 Å². The molecule has 7 heteroatoms. The van der Waals surface area contributed by atoms with E-state index in [9.17, 15) is 9.59 Å². The fourth-order valence-electron chi connectivity index (χ4n) is 3.02. The molecule has 0 saturated heterocycles. The fraction of sp³-hybridized carbons (Fsp3) is 0.227. The van der Waals surface area contributed by atoms with E-state index >= 15 is 0 Å². The molecule has 1 aromatic heterocycles. The molecule has 0 radical (unpaired) electrons. The largest absolute Gasteiger partial charge is 0.489 e. The number of primary amides is 1. The highest BCUT2D eigenvalue weighted by Crippen LogP contribution is 2.22. The summed E-state index contributed by atoms with van der Waals surface area (Å²) in [5.41, 5.74) is 7.16. The molecule has 0 aliphatic rings. The molecule has 2 N–H and O–H groups in total. The molecule has 0 aliphatic heterocycles. The van der Waals surface area contributed by atoms with Crippen molar-refractivity contribution in [1.82, 2.24) is 9.66 Å². The zero-order valence-electron chi connectivity index (χ0n) is 16.3. The molecule has 7 nitrogen and oxygen atoms in total. The Morgan fingerprint density at radius 1 is 1.14 bits per heavy atom. The third-order valence-corrected chi connectivity index (χ3v) is 4.45. The van der Waals surface area contributed by atoms with Crippen LogP contribution in [-0.4, -0.2) is 28.0 Å². The molecule has 0 saturated carbocycles. The van der Waals surface area contributed by atoms with E-state index in [1.807, 2.05) is 37.3 Å². The number of nitrogens with zero attached hydrogens (tertiary/aromatic N) is 3. The highest BCUT2D eigenvalue weighted by molar-refractivity contribution is 6.09. The molecule has 3 rings (SSSR count). The number of nitrogens with two attached hydrogens (primary N) is 1. The summed E-state index contributed by atoms with van der Waals surface area (Å²) < 4.78 is 7.34. The summed E-state index contributed by atoms with van der Waals surface area (Å²) in [6, 6.07) is 16.7. The quantitative estimate of drug-likeness (QED) is 0.567. The van der Waals surface area contributed by atoms with Crippen molar-refractivity contribution in [2.75, 3.05) is 11.6 Å². The Morgan fingerprint density at radius 2 is 1.86 bits per heavy atom. The summed E-state index contributed by atoms with van der Waals surface area (Å²) in [6.45, 7) is 2.83. The maximum absolute atomic E-state index is 13.1. The number of imidazole rings is 1. The first-order valence-corrected chi connectivity index (χ1v) is 9.45. The Kier molecular flexibility index (Phi) is 6.63. The Labute approximate surface area is 169 Å². The van der Waals surface area contributed by atoms with Crippen molar-refractivity contribution >= 4 is 11.8 Å². The van der Waals surface area contributed by atoms with E-state index in [1.54, 1.807) is 41.3 Å². The van der Waals surface area contributed by atoms with Crippen LogP contribution in [-0.2, 0) is 16.2 Å². The fourth-order valence-corrected chi connectivity index (χ4v) is 3.02. The van der Waals surface area contributed by atoms with Crippen LogP contribution in [0.5, 0.6) is 5.75 Å².